The summed E-state index contributed by atoms with van der Waals surface area (Å²) in [5.74, 6) is 0.879. The van der Waals surface area contributed by atoms with Crippen LogP contribution in [0.4, 0.5) is 0 Å². The Morgan fingerprint density at radius 3 is 2.57 bits per heavy atom. The topological polar surface area (TPSA) is 21.3 Å². The molecule has 0 radical (unpaired) electrons. The minimum atomic E-state index is -0.161. The molecule has 0 saturated carbocycles. The third kappa shape index (κ3) is 3.96. The number of nitrogens with one attached hydrogen (secondary N) is 1. The van der Waals surface area contributed by atoms with Crippen LogP contribution in [0.3, 0.4) is 0 Å². The highest BCUT2D eigenvalue weighted by molar-refractivity contribution is 5.33. The van der Waals surface area contributed by atoms with E-state index in [1.54, 1.807) is 7.11 Å². The third-order valence-corrected chi connectivity index (χ3v) is 3.78. The van der Waals surface area contributed by atoms with Gasteiger partial charge in [-0.1, -0.05) is 48.5 Å². The molecule has 0 aliphatic rings. The molecule has 0 heterocycles. The maximum absolute atomic E-state index is 5.34. The van der Waals surface area contributed by atoms with Gasteiger partial charge in [-0.25, -0.2) is 0 Å². The van der Waals surface area contributed by atoms with Crippen molar-refractivity contribution in [3.8, 4) is 5.75 Å². The van der Waals surface area contributed by atoms with Crippen molar-refractivity contribution in [1.29, 1.82) is 0 Å². The number of hydrogen-bond acceptors (Lipinski definition) is 2. The highest BCUT2D eigenvalue weighted by Gasteiger charge is 2.24. The van der Waals surface area contributed by atoms with Gasteiger partial charge in [-0.3, -0.25) is 0 Å². The van der Waals surface area contributed by atoms with Gasteiger partial charge in [0.25, 0.3) is 0 Å². The van der Waals surface area contributed by atoms with E-state index in [1.165, 1.54) is 11.1 Å². The number of hydrogen-bond donors (Lipinski definition) is 1. The molecule has 0 aliphatic heterocycles. The Balaban J connectivity index is 2.20. The summed E-state index contributed by atoms with van der Waals surface area (Å²) in [6.07, 6.45) is 2.81. The van der Waals surface area contributed by atoms with Gasteiger partial charge in [0.05, 0.1) is 7.11 Å². The van der Waals surface area contributed by atoms with E-state index < -0.39 is 0 Å². The van der Waals surface area contributed by atoms with Crippen LogP contribution in [0.1, 0.15) is 24.5 Å². The first-order valence-corrected chi connectivity index (χ1v) is 7.22. The summed E-state index contributed by atoms with van der Waals surface area (Å²) >= 11 is 0. The molecule has 0 spiro atoms. The standard InChI is InChI=1S/C19H23NO/c1-4-13-19(2,17-11-8-12-18(14-17)21-3)20-15-16-9-6-5-7-10-16/h4-12,14,20H,1,13,15H2,2-3H3. The van der Waals surface area contributed by atoms with Crippen LogP contribution in [0.25, 0.3) is 0 Å². The van der Waals surface area contributed by atoms with Crippen LogP contribution < -0.4 is 10.1 Å². The smallest absolute Gasteiger partial charge is 0.119 e. The number of rotatable bonds is 7. The van der Waals surface area contributed by atoms with E-state index in [2.05, 4.69) is 55.2 Å². The lowest BCUT2D eigenvalue weighted by atomic mass is 9.88. The van der Waals surface area contributed by atoms with Crippen molar-refractivity contribution < 1.29 is 4.74 Å². The van der Waals surface area contributed by atoms with Gasteiger partial charge >= 0.3 is 0 Å². The summed E-state index contributed by atoms with van der Waals surface area (Å²) < 4.78 is 5.34. The number of methoxy groups -OCH3 is 1. The molecule has 2 rings (SSSR count). The highest BCUT2D eigenvalue weighted by Crippen LogP contribution is 2.28. The molecule has 2 nitrogen and oxygen atoms in total. The summed E-state index contributed by atoms with van der Waals surface area (Å²) in [5.41, 5.74) is 2.32. The summed E-state index contributed by atoms with van der Waals surface area (Å²) in [4.78, 5) is 0. The zero-order chi connectivity index (χ0) is 15.1. The lowest BCUT2D eigenvalue weighted by molar-refractivity contribution is 0.362. The Morgan fingerprint density at radius 2 is 1.90 bits per heavy atom. The zero-order valence-electron chi connectivity index (χ0n) is 12.8. The average molecular weight is 281 g/mol. The molecule has 1 atom stereocenters. The van der Waals surface area contributed by atoms with Crippen molar-refractivity contribution in [2.75, 3.05) is 7.11 Å². The van der Waals surface area contributed by atoms with Crippen LogP contribution in [0.2, 0.25) is 0 Å². The van der Waals surface area contributed by atoms with E-state index in [9.17, 15) is 0 Å². The Labute approximate surface area is 127 Å². The van der Waals surface area contributed by atoms with Crippen molar-refractivity contribution in [2.24, 2.45) is 0 Å². The lowest BCUT2D eigenvalue weighted by Gasteiger charge is -2.31. The summed E-state index contributed by atoms with van der Waals surface area (Å²) in [6.45, 7) is 6.92. The van der Waals surface area contributed by atoms with E-state index in [0.717, 1.165) is 18.7 Å². The largest absolute Gasteiger partial charge is 0.497 e. The van der Waals surface area contributed by atoms with Gasteiger partial charge in [0.15, 0.2) is 0 Å². The van der Waals surface area contributed by atoms with Crippen LogP contribution in [-0.2, 0) is 12.1 Å². The second-order valence-electron chi connectivity index (χ2n) is 5.40. The minimum absolute atomic E-state index is 0.161. The highest BCUT2D eigenvalue weighted by atomic mass is 16.5. The quantitative estimate of drug-likeness (QED) is 0.765. The van der Waals surface area contributed by atoms with E-state index in [1.807, 2.05) is 24.3 Å². The van der Waals surface area contributed by atoms with Crippen molar-refractivity contribution in [2.45, 2.75) is 25.4 Å². The van der Waals surface area contributed by atoms with Crippen LogP contribution >= 0.6 is 0 Å². The van der Waals surface area contributed by atoms with Crippen molar-refractivity contribution in [3.63, 3.8) is 0 Å². The second kappa shape index (κ2) is 7.09. The molecule has 0 bridgehead atoms. The van der Waals surface area contributed by atoms with Crippen molar-refractivity contribution >= 4 is 0 Å². The Kier molecular flexibility index (Phi) is 5.18. The van der Waals surface area contributed by atoms with Crippen molar-refractivity contribution in [3.05, 3.63) is 78.4 Å². The van der Waals surface area contributed by atoms with Crippen LogP contribution in [0.15, 0.2) is 67.3 Å². The van der Waals surface area contributed by atoms with Gasteiger partial charge in [-0.15, -0.1) is 6.58 Å². The van der Waals surface area contributed by atoms with Gasteiger partial charge in [0.1, 0.15) is 5.75 Å². The van der Waals surface area contributed by atoms with Gasteiger partial charge in [-0.2, -0.15) is 0 Å². The molecule has 1 unspecified atom stereocenters. The molecular weight excluding hydrogens is 258 g/mol. The molecule has 0 aliphatic carbocycles. The van der Waals surface area contributed by atoms with E-state index in [0.29, 0.717) is 0 Å². The molecule has 0 aromatic heterocycles. The Bertz CT molecular complexity index is 579. The second-order valence-corrected chi connectivity index (χ2v) is 5.40. The van der Waals surface area contributed by atoms with Crippen LogP contribution in [0.5, 0.6) is 5.75 Å². The van der Waals surface area contributed by atoms with Crippen LogP contribution in [0, 0.1) is 0 Å². The SMILES string of the molecule is C=CCC(C)(NCc1ccccc1)c1cccc(OC)c1. The molecule has 0 fully saturated rings. The van der Waals surface area contributed by atoms with E-state index in [4.69, 9.17) is 4.74 Å². The van der Waals surface area contributed by atoms with Crippen molar-refractivity contribution in [1.82, 2.24) is 5.32 Å². The Hall–Kier alpha value is -2.06. The first kappa shape index (κ1) is 15.3. The minimum Gasteiger partial charge on any atom is -0.497 e. The van der Waals surface area contributed by atoms with Crippen LogP contribution in [-0.4, -0.2) is 7.11 Å². The number of ether oxygens (including phenoxy) is 1. The molecule has 0 amide bonds. The van der Waals surface area contributed by atoms with Gasteiger partial charge in [0.2, 0.25) is 0 Å². The molecule has 2 aromatic carbocycles. The first-order chi connectivity index (χ1) is 10.2. The van der Waals surface area contributed by atoms with E-state index >= 15 is 0 Å². The zero-order valence-corrected chi connectivity index (χ0v) is 12.8. The maximum Gasteiger partial charge on any atom is 0.119 e. The maximum atomic E-state index is 5.34. The predicted molar refractivity (Wildman–Crippen MR) is 88.4 cm³/mol. The fourth-order valence-corrected chi connectivity index (χ4v) is 2.44. The third-order valence-electron chi connectivity index (χ3n) is 3.78. The predicted octanol–water partition coefficient (Wildman–Crippen LogP) is 4.28. The van der Waals surface area contributed by atoms with E-state index in [-0.39, 0.29) is 5.54 Å². The monoisotopic (exact) mass is 281 g/mol. The summed E-state index contributed by atoms with van der Waals surface area (Å²) in [5, 5.41) is 3.65. The summed E-state index contributed by atoms with van der Waals surface area (Å²) in [6, 6.07) is 18.6. The van der Waals surface area contributed by atoms with Gasteiger partial charge < -0.3 is 10.1 Å². The molecule has 1 N–H and O–H groups in total. The fraction of sp³-hybridized carbons (Fsp3) is 0.263. The number of benzene rings is 2. The molecule has 0 saturated heterocycles. The average Bonchev–Trinajstić information content (AvgIpc) is 2.54. The Morgan fingerprint density at radius 1 is 1.14 bits per heavy atom. The molecule has 2 heteroatoms. The van der Waals surface area contributed by atoms with Gasteiger partial charge in [0, 0.05) is 12.1 Å². The molecular formula is C19H23NO. The molecule has 2 aromatic rings. The van der Waals surface area contributed by atoms with Gasteiger partial charge in [-0.05, 0) is 36.6 Å². The summed E-state index contributed by atoms with van der Waals surface area (Å²) in [7, 11) is 1.70. The molecule has 110 valence electrons. The fourth-order valence-electron chi connectivity index (χ4n) is 2.44. The lowest BCUT2D eigenvalue weighted by Crippen LogP contribution is -2.38. The molecule has 21 heavy (non-hydrogen) atoms. The normalized spacial score (nSPS) is 13.4. The first-order valence-electron chi connectivity index (χ1n) is 7.22.